The van der Waals surface area contributed by atoms with Crippen LogP contribution in [0.1, 0.15) is 130 Å². The highest BCUT2D eigenvalue weighted by Crippen LogP contribution is 2.43. The second-order valence-electron chi connectivity index (χ2n) is 16.1. The van der Waals surface area contributed by atoms with Crippen molar-refractivity contribution in [2.75, 3.05) is 28.7 Å². The first-order chi connectivity index (χ1) is 29.2. The Morgan fingerprint density at radius 3 is 2.23 bits per heavy atom. The number of piperidine rings is 1. The van der Waals surface area contributed by atoms with Crippen molar-refractivity contribution < 1.29 is 28.8 Å². The van der Waals surface area contributed by atoms with Crippen LogP contribution in [0.15, 0.2) is 72.9 Å². The minimum Gasteiger partial charge on any atom is -0.352 e. The number of rotatable bonds is 15. The summed E-state index contributed by atoms with van der Waals surface area (Å²) in [6, 6.07) is 19.5. The van der Waals surface area contributed by atoms with Crippen LogP contribution in [0.4, 0.5) is 28.8 Å². The van der Waals surface area contributed by atoms with Gasteiger partial charge in [0.1, 0.15) is 11.7 Å². The van der Waals surface area contributed by atoms with Crippen LogP contribution in [0.5, 0.6) is 0 Å². The van der Waals surface area contributed by atoms with E-state index in [0.29, 0.717) is 46.3 Å². The molecule has 8 rings (SSSR count). The molecule has 1 aromatic heterocycles. The summed E-state index contributed by atoms with van der Waals surface area (Å²) in [5.74, 6) is -1.07. The van der Waals surface area contributed by atoms with E-state index < -0.39 is 29.7 Å². The van der Waals surface area contributed by atoms with Gasteiger partial charge in [-0.25, -0.2) is 4.98 Å². The van der Waals surface area contributed by atoms with Gasteiger partial charge in [-0.3, -0.25) is 39.0 Å². The molecular weight excluding hydrogens is 761 g/mol. The van der Waals surface area contributed by atoms with Crippen LogP contribution in [-0.4, -0.2) is 76.0 Å². The number of carbonyl (C=O) groups excluding carboxylic acids is 6. The van der Waals surface area contributed by atoms with Gasteiger partial charge in [-0.05, 0) is 92.6 Å². The van der Waals surface area contributed by atoms with Crippen LogP contribution in [-0.2, 0) is 16.0 Å². The van der Waals surface area contributed by atoms with Crippen LogP contribution in [0.25, 0.3) is 0 Å². The average Bonchev–Trinajstić information content (AvgIpc) is 3.85. The monoisotopic (exact) mass is 810 g/mol. The average molecular weight is 811 g/mol. The van der Waals surface area contributed by atoms with E-state index in [1.54, 1.807) is 42.4 Å². The summed E-state index contributed by atoms with van der Waals surface area (Å²) < 4.78 is 0. The molecule has 1 saturated heterocycles. The zero-order chi connectivity index (χ0) is 41.8. The standard InChI is InChI=1S/C46H50N8O6/c1-52-38-28-48-46(51-40(38)53(32-14-8-9-15-32)36-17-11-10-16-34(36)43(52)58)49-31-21-19-30(20-22-31)41(56)47-26-12-6-4-2-3-5-7-13-29-18-23-33-35(27-29)45(60)54(44(33)59)37-24-25-39(55)50-42(37)57/h10-11,16-23,27-28,32,37H,2-9,12-15,24-26H2,1H3,(H,47,56)(H,48,49,51)(H,50,55,57). The predicted octanol–water partition coefficient (Wildman–Crippen LogP) is 7.00. The molecule has 3 N–H and O–H groups in total. The van der Waals surface area contributed by atoms with Crippen molar-refractivity contribution >= 4 is 64.3 Å². The quantitative estimate of drug-likeness (QED) is 0.0839. The van der Waals surface area contributed by atoms with Crippen LogP contribution >= 0.6 is 0 Å². The molecule has 0 bridgehead atoms. The smallest absolute Gasteiger partial charge is 0.262 e. The number of nitrogens with zero attached hydrogens (tertiary/aromatic N) is 5. The molecule has 6 amide bonds. The van der Waals surface area contributed by atoms with E-state index in [4.69, 9.17) is 4.98 Å². The summed E-state index contributed by atoms with van der Waals surface area (Å²) in [6.45, 7) is 0.597. The molecule has 14 nitrogen and oxygen atoms in total. The Morgan fingerprint density at radius 1 is 0.750 bits per heavy atom. The topological polar surface area (TPSA) is 174 Å². The molecule has 1 saturated carbocycles. The van der Waals surface area contributed by atoms with Crippen molar-refractivity contribution in [2.45, 2.75) is 102 Å². The lowest BCUT2D eigenvalue weighted by atomic mass is 10.0. The molecule has 0 radical (unpaired) electrons. The largest absolute Gasteiger partial charge is 0.352 e. The third-order valence-electron chi connectivity index (χ3n) is 12.1. The minimum absolute atomic E-state index is 0.0890. The molecule has 3 aromatic carbocycles. The van der Waals surface area contributed by atoms with Gasteiger partial charge < -0.3 is 20.4 Å². The molecule has 1 atom stereocenters. The molecule has 1 unspecified atom stereocenters. The molecule has 3 aliphatic heterocycles. The van der Waals surface area contributed by atoms with Crippen LogP contribution < -0.4 is 25.8 Å². The number of aryl methyl sites for hydroxylation is 1. The number of aromatic nitrogens is 2. The number of fused-ring (bicyclic) bond motifs is 3. The number of imide groups is 2. The Hall–Kier alpha value is -6.44. The van der Waals surface area contributed by atoms with E-state index in [2.05, 4.69) is 25.8 Å². The zero-order valence-corrected chi connectivity index (χ0v) is 33.9. The summed E-state index contributed by atoms with van der Waals surface area (Å²) in [5, 5.41) is 8.55. The Kier molecular flexibility index (Phi) is 12.0. The highest BCUT2D eigenvalue weighted by Gasteiger charge is 2.44. The lowest BCUT2D eigenvalue weighted by Crippen LogP contribution is -2.54. The van der Waals surface area contributed by atoms with E-state index in [0.717, 1.165) is 98.9 Å². The number of anilines is 5. The van der Waals surface area contributed by atoms with Gasteiger partial charge in [-0.2, -0.15) is 4.98 Å². The third-order valence-corrected chi connectivity index (χ3v) is 12.1. The fourth-order valence-electron chi connectivity index (χ4n) is 8.79. The lowest BCUT2D eigenvalue weighted by Gasteiger charge is -2.31. The van der Waals surface area contributed by atoms with E-state index in [9.17, 15) is 28.8 Å². The summed E-state index contributed by atoms with van der Waals surface area (Å²) in [4.78, 5) is 90.7. The fourth-order valence-corrected chi connectivity index (χ4v) is 8.79. The van der Waals surface area contributed by atoms with Crippen molar-refractivity contribution in [1.82, 2.24) is 25.5 Å². The van der Waals surface area contributed by atoms with Gasteiger partial charge >= 0.3 is 0 Å². The molecule has 4 aromatic rings. The number of hydrogen-bond acceptors (Lipinski definition) is 10. The molecule has 2 fully saturated rings. The van der Waals surface area contributed by atoms with Crippen molar-refractivity contribution in [3.8, 4) is 0 Å². The number of unbranched alkanes of at least 4 members (excludes halogenated alkanes) is 6. The highest BCUT2D eigenvalue weighted by molar-refractivity contribution is 6.23. The summed E-state index contributed by atoms with van der Waals surface area (Å²) >= 11 is 0. The van der Waals surface area contributed by atoms with Crippen molar-refractivity contribution in [3.63, 3.8) is 0 Å². The van der Waals surface area contributed by atoms with E-state index in [1.165, 1.54) is 0 Å². The van der Waals surface area contributed by atoms with Gasteiger partial charge in [0.05, 0.1) is 28.6 Å². The number of nitrogens with one attached hydrogen (secondary N) is 3. The van der Waals surface area contributed by atoms with Crippen molar-refractivity contribution in [2.24, 2.45) is 0 Å². The first kappa shape index (κ1) is 40.3. The maximum atomic E-state index is 13.5. The summed E-state index contributed by atoms with van der Waals surface area (Å²) in [6.07, 6.45) is 14.2. The maximum Gasteiger partial charge on any atom is 0.262 e. The van der Waals surface area contributed by atoms with Gasteiger partial charge in [0.2, 0.25) is 17.8 Å². The molecular formula is C46H50N8O6. The van der Waals surface area contributed by atoms with Gasteiger partial charge in [0.25, 0.3) is 23.6 Å². The van der Waals surface area contributed by atoms with Crippen molar-refractivity contribution in [1.29, 1.82) is 0 Å². The first-order valence-corrected chi connectivity index (χ1v) is 21.2. The second kappa shape index (κ2) is 17.8. The second-order valence-corrected chi connectivity index (χ2v) is 16.1. The highest BCUT2D eigenvalue weighted by atomic mass is 16.2. The molecule has 4 heterocycles. The van der Waals surface area contributed by atoms with Crippen LogP contribution in [0.3, 0.4) is 0 Å². The minimum atomic E-state index is -0.961. The van der Waals surface area contributed by atoms with Gasteiger partial charge in [-0.15, -0.1) is 0 Å². The molecule has 0 spiro atoms. The number of hydrogen-bond donors (Lipinski definition) is 3. The molecule has 1 aliphatic carbocycles. The maximum absolute atomic E-state index is 13.5. The number of para-hydroxylation sites is 1. The van der Waals surface area contributed by atoms with Crippen molar-refractivity contribution in [3.05, 3.63) is 101 Å². The summed E-state index contributed by atoms with van der Waals surface area (Å²) in [7, 11) is 1.76. The molecule has 14 heteroatoms. The number of amides is 6. The van der Waals surface area contributed by atoms with Gasteiger partial charge in [0.15, 0.2) is 5.82 Å². The molecule has 4 aliphatic rings. The summed E-state index contributed by atoms with van der Waals surface area (Å²) in [5.41, 5.74) is 5.09. The Bertz CT molecular complexity index is 2320. The molecule has 310 valence electrons. The van der Waals surface area contributed by atoms with Crippen LogP contribution in [0.2, 0.25) is 0 Å². The van der Waals surface area contributed by atoms with E-state index >= 15 is 0 Å². The Balaban J connectivity index is 0.747. The number of benzene rings is 3. The van der Waals surface area contributed by atoms with E-state index in [-0.39, 0.29) is 30.7 Å². The predicted molar refractivity (Wildman–Crippen MR) is 227 cm³/mol. The fraction of sp³-hybridized carbons (Fsp3) is 0.391. The third kappa shape index (κ3) is 8.36. The van der Waals surface area contributed by atoms with Gasteiger partial charge in [-0.1, -0.05) is 63.1 Å². The SMILES string of the molecule is CN1C(=O)c2ccccc2N(C2CCCC2)c2nc(Nc3ccc(C(=O)NCCCCCCCCCc4ccc5c(c4)C(=O)N(C4CCC(=O)NC4=O)C5=O)cc3)ncc21. The zero-order valence-electron chi connectivity index (χ0n) is 33.9. The van der Waals surface area contributed by atoms with E-state index in [1.807, 2.05) is 42.5 Å². The van der Waals surface area contributed by atoms with Crippen LogP contribution in [0, 0.1) is 0 Å². The number of carbonyl (C=O) groups is 6. The first-order valence-electron chi connectivity index (χ1n) is 21.2. The Labute approximate surface area is 349 Å². The normalized spacial score (nSPS) is 17.6. The lowest BCUT2D eigenvalue weighted by molar-refractivity contribution is -0.136. The van der Waals surface area contributed by atoms with Gasteiger partial charge in [0, 0.05) is 37.3 Å². The molecule has 60 heavy (non-hydrogen) atoms. The Morgan fingerprint density at radius 2 is 1.47 bits per heavy atom.